The molecule has 3 nitrogen and oxygen atoms in total. The van der Waals surface area contributed by atoms with Crippen LogP contribution in [0, 0.1) is 12.8 Å². The van der Waals surface area contributed by atoms with Crippen LogP contribution in [-0.4, -0.2) is 15.7 Å². The Bertz CT molecular complexity index is 1080. The minimum atomic E-state index is -0.0770. The third-order valence-corrected chi connectivity index (χ3v) is 6.53. The van der Waals surface area contributed by atoms with Gasteiger partial charge < -0.3 is 14.8 Å². The number of benzene rings is 2. The number of fused-ring (bicyclic) bond motifs is 8. The molecular weight excluding hydrogens is 322 g/mol. The Hall–Kier alpha value is -2.42. The van der Waals surface area contributed by atoms with Crippen molar-refractivity contribution in [1.29, 1.82) is 0 Å². The van der Waals surface area contributed by atoms with Crippen molar-refractivity contribution in [2.24, 2.45) is 5.92 Å². The van der Waals surface area contributed by atoms with E-state index in [2.05, 4.69) is 38.4 Å². The molecule has 1 fully saturated rings. The highest BCUT2D eigenvalue weighted by molar-refractivity contribution is 6.09. The van der Waals surface area contributed by atoms with Crippen LogP contribution in [0.1, 0.15) is 50.2 Å². The van der Waals surface area contributed by atoms with Crippen LogP contribution in [-0.2, 0) is 0 Å². The van der Waals surface area contributed by atoms with Gasteiger partial charge in [-0.3, -0.25) is 0 Å². The standard InChI is InChI=1S/C23H25NO2/c1-12(2)15-7-8-23(4)11-18(15)20-21-17(9-13(3)22(20)26-23)16-6-5-14(25)10-19(16)24-21/h5-6,9-10,15,18,24-25H,1,7-8,11H2,2-4H3/t15-,18-,23-/m1/s1. The van der Waals surface area contributed by atoms with Gasteiger partial charge in [0.05, 0.1) is 11.0 Å². The third-order valence-electron chi connectivity index (χ3n) is 6.53. The van der Waals surface area contributed by atoms with Gasteiger partial charge in [-0.15, -0.1) is 0 Å². The number of phenols is 1. The first kappa shape index (κ1) is 15.8. The first-order valence-corrected chi connectivity index (χ1v) is 9.49. The molecule has 2 bridgehead atoms. The van der Waals surface area contributed by atoms with Crippen molar-refractivity contribution >= 4 is 21.8 Å². The molecule has 2 N–H and O–H groups in total. The minimum Gasteiger partial charge on any atom is -0.508 e. The Morgan fingerprint density at radius 1 is 1.31 bits per heavy atom. The molecule has 134 valence electrons. The normalized spacial score (nSPS) is 27.3. The van der Waals surface area contributed by atoms with Gasteiger partial charge in [0.1, 0.15) is 17.1 Å². The molecule has 1 aromatic heterocycles. The number of aromatic hydroxyl groups is 1. The van der Waals surface area contributed by atoms with E-state index in [0.29, 0.717) is 11.8 Å². The van der Waals surface area contributed by atoms with Gasteiger partial charge in [-0.2, -0.15) is 0 Å². The monoisotopic (exact) mass is 347 g/mol. The number of rotatable bonds is 1. The van der Waals surface area contributed by atoms with Crippen molar-refractivity contribution < 1.29 is 9.84 Å². The number of phenolic OH excluding ortho intramolecular Hbond substituents is 1. The summed E-state index contributed by atoms with van der Waals surface area (Å²) in [6.07, 6.45) is 3.25. The highest BCUT2D eigenvalue weighted by Gasteiger charge is 2.46. The Morgan fingerprint density at radius 3 is 2.88 bits per heavy atom. The number of hydrogen-bond donors (Lipinski definition) is 2. The molecule has 2 aliphatic rings. The van der Waals surface area contributed by atoms with Crippen molar-refractivity contribution in [2.45, 2.75) is 51.6 Å². The SMILES string of the molecule is C=C(C)[C@H]1CC[C@]2(C)C[C@H]1c1c(c(C)cc3c1[nH]c1cc(O)ccc13)O2. The second-order valence-corrected chi connectivity index (χ2v) is 8.57. The fourth-order valence-electron chi connectivity index (χ4n) is 5.27. The number of aryl methyl sites for hydroxylation is 1. The largest absolute Gasteiger partial charge is 0.508 e. The summed E-state index contributed by atoms with van der Waals surface area (Å²) in [4.78, 5) is 3.58. The molecule has 1 aliphatic heterocycles. The first-order chi connectivity index (χ1) is 12.4. The van der Waals surface area contributed by atoms with E-state index < -0.39 is 0 Å². The summed E-state index contributed by atoms with van der Waals surface area (Å²) < 4.78 is 6.58. The molecule has 2 heterocycles. The van der Waals surface area contributed by atoms with Crippen LogP contribution < -0.4 is 4.74 Å². The number of aromatic amines is 1. The number of allylic oxidation sites excluding steroid dienone is 1. The molecule has 3 heteroatoms. The van der Waals surface area contributed by atoms with Crippen LogP contribution >= 0.6 is 0 Å². The zero-order valence-corrected chi connectivity index (χ0v) is 15.6. The maximum absolute atomic E-state index is 9.88. The molecule has 0 radical (unpaired) electrons. The summed E-state index contributed by atoms with van der Waals surface area (Å²) in [5.41, 5.74) is 5.83. The van der Waals surface area contributed by atoms with Crippen LogP contribution in [0.25, 0.3) is 21.8 Å². The minimum absolute atomic E-state index is 0.0770. The molecule has 5 rings (SSSR count). The lowest BCUT2D eigenvalue weighted by Crippen LogP contribution is -2.44. The number of H-pyrrole nitrogens is 1. The highest BCUT2D eigenvalue weighted by atomic mass is 16.5. The van der Waals surface area contributed by atoms with Gasteiger partial charge in [-0.1, -0.05) is 12.2 Å². The van der Waals surface area contributed by atoms with Gasteiger partial charge in [0.2, 0.25) is 0 Å². The lowest BCUT2D eigenvalue weighted by molar-refractivity contribution is 0.00731. The van der Waals surface area contributed by atoms with Crippen LogP contribution in [0.3, 0.4) is 0 Å². The lowest BCUT2D eigenvalue weighted by Gasteiger charge is -2.48. The van der Waals surface area contributed by atoms with Crippen molar-refractivity contribution in [3.8, 4) is 11.5 Å². The summed E-state index contributed by atoms with van der Waals surface area (Å²) >= 11 is 0. The molecule has 1 aliphatic carbocycles. The zero-order valence-electron chi connectivity index (χ0n) is 15.6. The number of hydrogen-bond acceptors (Lipinski definition) is 2. The maximum Gasteiger partial charge on any atom is 0.128 e. The molecule has 0 amide bonds. The molecule has 0 saturated heterocycles. The maximum atomic E-state index is 9.88. The molecule has 2 aromatic carbocycles. The molecular formula is C23H25NO2. The number of ether oxygens (including phenoxy) is 1. The average molecular weight is 347 g/mol. The Balaban J connectivity index is 1.86. The van der Waals surface area contributed by atoms with Gasteiger partial charge in [0, 0.05) is 22.4 Å². The van der Waals surface area contributed by atoms with E-state index >= 15 is 0 Å². The van der Waals surface area contributed by atoms with Gasteiger partial charge in [0.15, 0.2) is 0 Å². The van der Waals surface area contributed by atoms with E-state index in [9.17, 15) is 5.11 Å². The van der Waals surface area contributed by atoms with E-state index in [1.807, 2.05) is 12.1 Å². The Labute approximate surface area is 153 Å². The zero-order chi connectivity index (χ0) is 18.2. The first-order valence-electron chi connectivity index (χ1n) is 9.49. The Kier molecular flexibility index (Phi) is 3.08. The molecule has 26 heavy (non-hydrogen) atoms. The number of aromatic nitrogens is 1. The summed E-state index contributed by atoms with van der Waals surface area (Å²) in [6, 6.07) is 7.79. The van der Waals surface area contributed by atoms with Crippen molar-refractivity contribution in [3.63, 3.8) is 0 Å². The predicted octanol–water partition coefficient (Wildman–Crippen LogP) is 5.95. The van der Waals surface area contributed by atoms with E-state index in [4.69, 9.17) is 4.74 Å². The highest BCUT2D eigenvalue weighted by Crippen LogP contribution is 2.56. The van der Waals surface area contributed by atoms with E-state index in [1.54, 1.807) is 6.07 Å². The van der Waals surface area contributed by atoms with Crippen LogP contribution in [0.15, 0.2) is 36.4 Å². The summed E-state index contributed by atoms with van der Waals surface area (Å²) in [5.74, 6) is 2.27. The Morgan fingerprint density at radius 2 is 2.12 bits per heavy atom. The quantitative estimate of drug-likeness (QED) is 0.535. The predicted molar refractivity (Wildman–Crippen MR) is 106 cm³/mol. The fourth-order valence-corrected chi connectivity index (χ4v) is 5.27. The summed E-state index contributed by atoms with van der Waals surface area (Å²) in [5, 5.41) is 12.3. The third kappa shape index (κ3) is 2.06. The van der Waals surface area contributed by atoms with E-state index in [0.717, 1.165) is 41.4 Å². The fraction of sp³-hybridized carbons (Fsp3) is 0.391. The van der Waals surface area contributed by atoms with Gasteiger partial charge in [0.25, 0.3) is 0 Å². The van der Waals surface area contributed by atoms with Crippen molar-refractivity contribution in [2.75, 3.05) is 0 Å². The van der Waals surface area contributed by atoms with Gasteiger partial charge in [-0.05, 0) is 75.6 Å². The lowest BCUT2D eigenvalue weighted by atomic mass is 9.65. The van der Waals surface area contributed by atoms with Crippen molar-refractivity contribution in [3.05, 3.63) is 47.5 Å². The molecule has 3 atom stereocenters. The number of nitrogens with one attached hydrogen (secondary N) is 1. The molecule has 0 unspecified atom stereocenters. The summed E-state index contributed by atoms with van der Waals surface area (Å²) in [6.45, 7) is 10.9. The molecule has 3 aromatic rings. The van der Waals surface area contributed by atoms with Gasteiger partial charge in [-0.25, -0.2) is 0 Å². The topological polar surface area (TPSA) is 45.2 Å². The van der Waals surface area contributed by atoms with Gasteiger partial charge >= 0.3 is 0 Å². The second-order valence-electron chi connectivity index (χ2n) is 8.57. The smallest absolute Gasteiger partial charge is 0.128 e. The van der Waals surface area contributed by atoms with Crippen molar-refractivity contribution in [1.82, 2.24) is 4.98 Å². The molecule has 1 saturated carbocycles. The van der Waals surface area contributed by atoms with Crippen LogP contribution in [0.4, 0.5) is 0 Å². The van der Waals surface area contributed by atoms with Crippen LogP contribution in [0.5, 0.6) is 11.5 Å². The summed E-state index contributed by atoms with van der Waals surface area (Å²) in [7, 11) is 0. The second kappa shape index (κ2) is 5.06. The van der Waals surface area contributed by atoms with E-state index in [1.165, 1.54) is 22.1 Å². The van der Waals surface area contributed by atoms with E-state index in [-0.39, 0.29) is 11.4 Å². The van der Waals surface area contributed by atoms with Crippen LogP contribution in [0.2, 0.25) is 0 Å². The average Bonchev–Trinajstić information content (AvgIpc) is 2.91. The molecule has 0 spiro atoms.